The fourth-order valence-electron chi connectivity index (χ4n) is 1.17. The first-order valence-corrected chi connectivity index (χ1v) is 5.48. The zero-order valence-electron chi connectivity index (χ0n) is 9.57. The van der Waals surface area contributed by atoms with Gasteiger partial charge in [-0.05, 0) is 24.6 Å². The minimum atomic E-state index is -0.0100. The number of carbonyl (C=O) groups is 1. The summed E-state index contributed by atoms with van der Waals surface area (Å²) in [4.78, 5) is 11.4. The van der Waals surface area contributed by atoms with Crippen LogP contribution >= 0.6 is 0 Å². The molecule has 0 spiro atoms. The van der Waals surface area contributed by atoms with E-state index in [1.165, 1.54) is 0 Å². The lowest BCUT2D eigenvalue weighted by molar-refractivity contribution is -0.119. The van der Waals surface area contributed by atoms with Crippen LogP contribution in [0.15, 0.2) is 30.3 Å². The van der Waals surface area contributed by atoms with E-state index in [2.05, 4.69) is 10.6 Å². The predicted octanol–water partition coefficient (Wildman–Crippen LogP) is 0.809. The van der Waals surface area contributed by atoms with Gasteiger partial charge in [0.1, 0.15) is 0 Å². The molecular formula is C12H19N3O. The molecular weight excluding hydrogens is 202 g/mol. The molecule has 4 nitrogen and oxygen atoms in total. The van der Waals surface area contributed by atoms with E-state index in [4.69, 9.17) is 5.73 Å². The van der Waals surface area contributed by atoms with Crippen molar-refractivity contribution < 1.29 is 4.79 Å². The van der Waals surface area contributed by atoms with Gasteiger partial charge in [-0.1, -0.05) is 25.1 Å². The third-order valence-corrected chi connectivity index (χ3v) is 2.28. The van der Waals surface area contributed by atoms with Crippen LogP contribution in [0, 0.1) is 5.92 Å². The largest absolute Gasteiger partial charge is 0.376 e. The SMILES string of the molecule is CC(CN)CNC(=O)CNc1ccccc1. The van der Waals surface area contributed by atoms with E-state index in [0.29, 0.717) is 25.6 Å². The van der Waals surface area contributed by atoms with Crippen LogP contribution in [0.2, 0.25) is 0 Å². The fourth-order valence-corrected chi connectivity index (χ4v) is 1.17. The van der Waals surface area contributed by atoms with Gasteiger partial charge in [0.05, 0.1) is 6.54 Å². The minimum Gasteiger partial charge on any atom is -0.376 e. The molecule has 1 amide bonds. The number of amides is 1. The average molecular weight is 221 g/mol. The first kappa shape index (κ1) is 12.5. The second-order valence-corrected chi connectivity index (χ2v) is 3.86. The van der Waals surface area contributed by atoms with Crippen molar-refractivity contribution >= 4 is 11.6 Å². The Morgan fingerprint density at radius 1 is 1.38 bits per heavy atom. The summed E-state index contributed by atoms with van der Waals surface area (Å²) in [7, 11) is 0. The summed E-state index contributed by atoms with van der Waals surface area (Å²) in [5, 5.41) is 5.87. The Morgan fingerprint density at radius 3 is 2.69 bits per heavy atom. The maximum Gasteiger partial charge on any atom is 0.239 e. The van der Waals surface area contributed by atoms with E-state index >= 15 is 0 Å². The van der Waals surface area contributed by atoms with Gasteiger partial charge in [-0.2, -0.15) is 0 Å². The minimum absolute atomic E-state index is 0.0100. The Labute approximate surface area is 96.2 Å². The molecule has 0 fully saturated rings. The fraction of sp³-hybridized carbons (Fsp3) is 0.417. The van der Waals surface area contributed by atoms with Crippen molar-refractivity contribution in [3.8, 4) is 0 Å². The molecule has 0 aliphatic carbocycles. The number of nitrogens with two attached hydrogens (primary N) is 1. The summed E-state index contributed by atoms with van der Waals surface area (Å²) < 4.78 is 0. The summed E-state index contributed by atoms with van der Waals surface area (Å²) in [5.74, 6) is 0.310. The van der Waals surface area contributed by atoms with Crippen molar-refractivity contribution in [3.05, 3.63) is 30.3 Å². The highest BCUT2D eigenvalue weighted by molar-refractivity contribution is 5.80. The molecule has 0 aromatic heterocycles. The van der Waals surface area contributed by atoms with Gasteiger partial charge in [-0.25, -0.2) is 0 Å². The lowest BCUT2D eigenvalue weighted by Gasteiger charge is -2.11. The van der Waals surface area contributed by atoms with Crippen molar-refractivity contribution in [3.63, 3.8) is 0 Å². The number of hydrogen-bond acceptors (Lipinski definition) is 3. The second kappa shape index (κ2) is 6.85. The highest BCUT2D eigenvalue weighted by Gasteiger charge is 2.03. The number of carbonyl (C=O) groups excluding carboxylic acids is 1. The maximum absolute atomic E-state index is 11.4. The molecule has 1 unspecified atom stereocenters. The van der Waals surface area contributed by atoms with Gasteiger partial charge in [-0.15, -0.1) is 0 Å². The molecule has 0 heterocycles. The van der Waals surface area contributed by atoms with Crippen LogP contribution in [0.4, 0.5) is 5.69 Å². The molecule has 1 rings (SSSR count). The number of nitrogens with one attached hydrogen (secondary N) is 2. The molecule has 0 aliphatic heterocycles. The quantitative estimate of drug-likeness (QED) is 0.666. The smallest absolute Gasteiger partial charge is 0.239 e. The van der Waals surface area contributed by atoms with Crippen LogP contribution in [-0.2, 0) is 4.79 Å². The van der Waals surface area contributed by atoms with Crippen LogP contribution in [0.25, 0.3) is 0 Å². The van der Waals surface area contributed by atoms with Crippen molar-refractivity contribution in [1.29, 1.82) is 0 Å². The number of hydrogen-bond donors (Lipinski definition) is 3. The third-order valence-electron chi connectivity index (χ3n) is 2.28. The molecule has 0 saturated carbocycles. The monoisotopic (exact) mass is 221 g/mol. The Morgan fingerprint density at radius 2 is 2.06 bits per heavy atom. The molecule has 0 aliphatic rings. The summed E-state index contributed by atoms with van der Waals surface area (Å²) >= 11 is 0. The topological polar surface area (TPSA) is 67.1 Å². The summed E-state index contributed by atoms with van der Waals surface area (Å²) in [6.45, 7) is 3.52. The molecule has 1 aromatic carbocycles. The van der Waals surface area contributed by atoms with Gasteiger partial charge in [0.15, 0.2) is 0 Å². The van der Waals surface area contributed by atoms with Crippen molar-refractivity contribution in [2.45, 2.75) is 6.92 Å². The first-order chi connectivity index (χ1) is 7.72. The number of rotatable bonds is 6. The third kappa shape index (κ3) is 4.79. The van der Waals surface area contributed by atoms with Crippen LogP contribution in [0.5, 0.6) is 0 Å². The van der Waals surface area contributed by atoms with Gasteiger partial charge in [0.25, 0.3) is 0 Å². The molecule has 0 bridgehead atoms. The first-order valence-electron chi connectivity index (χ1n) is 5.48. The highest BCUT2D eigenvalue weighted by atomic mass is 16.1. The molecule has 0 radical (unpaired) electrons. The normalized spacial score (nSPS) is 11.9. The van der Waals surface area contributed by atoms with E-state index in [1.54, 1.807) is 0 Å². The van der Waals surface area contributed by atoms with E-state index in [9.17, 15) is 4.79 Å². The Bertz CT molecular complexity index is 313. The van der Waals surface area contributed by atoms with E-state index < -0.39 is 0 Å². The van der Waals surface area contributed by atoms with Gasteiger partial charge < -0.3 is 16.4 Å². The zero-order chi connectivity index (χ0) is 11.8. The molecule has 1 atom stereocenters. The lowest BCUT2D eigenvalue weighted by atomic mass is 10.2. The van der Waals surface area contributed by atoms with E-state index in [1.807, 2.05) is 37.3 Å². The summed E-state index contributed by atoms with van der Waals surface area (Å²) in [6.07, 6.45) is 0. The molecule has 4 N–H and O–H groups in total. The Hall–Kier alpha value is -1.55. The number of anilines is 1. The molecule has 0 saturated heterocycles. The van der Waals surface area contributed by atoms with E-state index in [-0.39, 0.29) is 5.91 Å². The molecule has 4 heteroatoms. The van der Waals surface area contributed by atoms with E-state index in [0.717, 1.165) is 5.69 Å². The standard InChI is InChI=1S/C12H19N3O/c1-10(7-13)8-15-12(16)9-14-11-5-3-2-4-6-11/h2-6,10,14H,7-9,13H2,1H3,(H,15,16). The number of para-hydroxylation sites is 1. The lowest BCUT2D eigenvalue weighted by Crippen LogP contribution is -2.35. The summed E-state index contributed by atoms with van der Waals surface area (Å²) in [6, 6.07) is 9.65. The zero-order valence-corrected chi connectivity index (χ0v) is 9.57. The van der Waals surface area contributed by atoms with Gasteiger partial charge in [0.2, 0.25) is 5.91 Å². The highest BCUT2D eigenvalue weighted by Crippen LogP contribution is 2.03. The average Bonchev–Trinajstić information content (AvgIpc) is 2.34. The van der Waals surface area contributed by atoms with Crippen LogP contribution in [0.1, 0.15) is 6.92 Å². The Balaban J connectivity index is 2.20. The molecule has 1 aromatic rings. The number of benzene rings is 1. The van der Waals surface area contributed by atoms with Gasteiger partial charge in [0, 0.05) is 12.2 Å². The van der Waals surface area contributed by atoms with Crippen LogP contribution in [0.3, 0.4) is 0 Å². The summed E-state index contributed by atoms with van der Waals surface area (Å²) in [5.41, 5.74) is 6.40. The molecule has 88 valence electrons. The van der Waals surface area contributed by atoms with Crippen LogP contribution in [-0.4, -0.2) is 25.5 Å². The van der Waals surface area contributed by atoms with Crippen LogP contribution < -0.4 is 16.4 Å². The van der Waals surface area contributed by atoms with Crippen molar-refractivity contribution in [2.24, 2.45) is 11.7 Å². The van der Waals surface area contributed by atoms with Gasteiger partial charge in [-0.3, -0.25) is 4.79 Å². The van der Waals surface area contributed by atoms with Crippen molar-refractivity contribution in [2.75, 3.05) is 25.0 Å². The predicted molar refractivity (Wildman–Crippen MR) is 66.2 cm³/mol. The Kier molecular flexibility index (Phi) is 5.36. The molecule has 16 heavy (non-hydrogen) atoms. The van der Waals surface area contributed by atoms with Crippen molar-refractivity contribution in [1.82, 2.24) is 5.32 Å². The maximum atomic E-state index is 11.4. The van der Waals surface area contributed by atoms with Gasteiger partial charge >= 0.3 is 0 Å². The second-order valence-electron chi connectivity index (χ2n) is 3.86.